The molecule has 0 unspecified atom stereocenters. The number of carbonyl (C=O) groups excluding carboxylic acids is 1. The number of halogens is 2. The van der Waals surface area contributed by atoms with E-state index in [-0.39, 0.29) is 12.4 Å². The predicted octanol–water partition coefficient (Wildman–Crippen LogP) is 3.99. The molecule has 0 atom stereocenters. The number of rotatable bonds is 6. The lowest BCUT2D eigenvalue weighted by Crippen LogP contribution is -2.10. The summed E-state index contributed by atoms with van der Waals surface area (Å²) in [4.78, 5) is 11.7. The molecule has 2 nitrogen and oxygen atoms in total. The zero-order chi connectivity index (χ0) is 12.3. The van der Waals surface area contributed by atoms with Gasteiger partial charge in [-0.3, -0.25) is 4.79 Å². The first kappa shape index (κ1) is 12.9. The van der Waals surface area contributed by atoms with Crippen LogP contribution in [-0.2, 0) is 4.74 Å². The Balaban J connectivity index is 1.79. The summed E-state index contributed by atoms with van der Waals surface area (Å²) in [5.74, 6) is 0.773. The third-order valence-electron chi connectivity index (χ3n) is 2.84. The molecule has 0 spiro atoms. The van der Waals surface area contributed by atoms with Crippen molar-refractivity contribution in [3.8, 4) is 0 Å². The van der Waals surface area contributed by atoms with Crippen LogP contribution in [0.1, 0.15) is 29.6 Å². The maximum Gasteiger partial charge on any atom is 0.188 e. The van der Waals surface area contributed by atoms with E-state index in [2.05, 4.69) is 0 Å². The molecule has 2 rings (SSSR count). The van der Waals surface area contributed by atoms with Crippen molar-refractivity contribution in [1.29, 1.82) is 0 Å². The summed E-state index contributed by atoms with van der Waals surface area (Å²) >= 11 is 11.6. The Kier molecular flexibility index (Phi) is 4.43. The van der Waals surface area contributed by atoms with Crippen molar-refractivity contribution < 1.29 is 9.53 Å². The van der Waals surface area contributed by atoms with Gasteiger partial charge in [0.05, 0.1) is 10.0 Å². The molecule has 0 bridgehead atoms. The topological polar surface area (TPSA) is 26.3 Å². The van der Waals surface area contributed by atoms with Gasteiger partial charge in [0.2, 0.25) is 0 Å². The summed E-state index contributed by atoms with van der Waals surface area (Å²) in [6, 6.07) is 4.87. The fourth-order valence-corrected chi connectivity index (χ4v) is 1.87. The quantitative estimate of drug-likeness (QED) is 0.578. The Labute approximate surface area is 111 Å². The Morgan fingerprint density at radius 1 is 1.29 bits per heavy atom. The predicted molar refractivity (Wildman–Crippen MR) is 69.0 cm³/mol. The smallest absolute Gasteiger partial charge is 0.188 e. The van der Waals surface area contributed by atoms with Crippen LogP contribution in [0.15, 0.2) is 18.2 Å². The third kappa shape index (κ3) is 3.98. The largest absolute Gasteiger partial charge is 0.373 e. The lowest BCUT2D eigenvalue weighted by atomic mass is 10.1. The van der Waals surface area contributed by atoms with Crippen LogP contribution in [0.5, 0.6) is 0 Å². The molecule has 0 radical (unpaired) electrons. The molecule has 0 heterocycles. The van der Waals surface area contributed by atoms with Crippen molar-refractivity contribution in [3.63, 3.8) is 0 Å². The Morgan fingerprint density at radius 3 is 2.71 bits per heavy atom. The molecule has 0 N–H and O–H groups in total. The van der Waals surface area contributed by atoms with Crippen molar-refractivity contribution in [2.24, 2.45) is 5.92 Å². The normalized spacial score (nSPS) is 14.9. The molecule has 0 amide bonds. The van der Waals surface area contributed by atoms with Crippen molar-refractivity contribution in [3.05, 3.63) is 33.8 Å². The molecule has 1 aromatic rings. The molecule has 1 aliphatic carbocycles. The summed E-state index contributed by atoms with van der Waals surface area (Å²) in [5, 5.41) is 0.855. The fourth-order valence-electron chi connectivity index (χ4n) is 1.57. The van der Waals surface area contributed by atoms with Gasteiger partial charge in [-0.05, 0) is 30.5 Å². The highest BCUT2D eigenvalue weighted by molar-refractivity contribution is 6.42. The first-order valence-electron chi connectivity index (χ1n) is 5.73. The number of carbonyl (C=O) groups is 1. The minimum atomic E-state index is -0.0561. The number of ether oxygens (including phenoxy) is 1. The number of ketones is 1. The van der Waals surface area contributed by atoms with Crippen molar-refractivity contribution in [2.45, 2.75) is 19.3 Å². The molecule has 0 aromatic heterocycles. The monoisotopic (exact) mass is 272 g/mol. The molecular weight excluding hydrogens is 259 g/mol. The Morgan fingerprint density at radius 2 is 2.06 bits per heavy atom. The first-order chi connectivity index (χ1) is 8.16. The molecule has 0 saturated heterocycles. The van der Waals surface area contributed by atoms with Gasteiger partial charge in [0.25, 0.3) is 0 Å². The molecular formula is C13H14Cl2O2. The summed E-state index contributed by atoms with van der Waals surface area (Å²) in [5.41, 5.74) is 0.547. The van der Waals surface area contributed by atoms with E-state index in [1.54, 1.807) is 18.2 Å². The fraction of sp³-hybridized carbons (Fsp3) is 0.462. The molecule has 4 heteroatoms. The maximum atomic E-state index is 11.7. The highest BCUT2D eigenvalue weighted by Gasteiger charge is 2.20. The van der Waals surface area contributed by atoms with Gasteiger partial charge in [0.15, 0.2) is 5.78 Å². The van der Waals surface area contributed by atoms with Crippen LogP contribution in [0, 0.1) is 5.92 Å². The zero-order valence-corrected chi connectivity index (χ0v) is 10.9. The molecule has 0 aliphatic heterocycles. The number of benzene rings is 1. The zero-order valence-electron chi connectivity index (χ0n) is 9.42. The number of hydrogen-bond acceptors (Lipinski definition) is 2. The van der Waals surface area contributed by atoms with Gasteiger partial charge in [0.1, 0.15) is 6.61 Å². The first-order valence-corrected chi connectivity index (χ1v) is 6.48. The standard InChI is InChI=1S/C13H14Cl2O2/c14-11-4-3-10(7-12(11)15)13(16)8-17-6-5-9-1-2-9/h3-4,7,9H,1-2,5-6,8H2. The third-order valence-corrected chi connectivity index (χ3v) is 3.58. The molecule has 1 saturated carbocycles. The highest BCUT2D eigenvalue weighted by Crippen LogP contribution is 2.32. The van der Waals surface area contributed by atoms with Gasteiger partial charge in [-0.1, -0.05) is 36.0 Å². The van der Waals surface area contributed by atoms with E-state index in [4.69, 9.17) is 27.9 Å². The Bertz CT molecular complexity index is 414. The van der Waals surface area contributed by atoms with E-state index in [1.165, 1.54) is 12.8 Å². The second-order valence-corrected chi connectivity index (χ2v) is 5.15. The van der Waals surface area contributed by atoms with Crippen LogP contribution in [0.2, 0.25) is 10.0 Å². The lowest BCUT2D eigenvalue weighted by molar-refractivity contribution is 0.0748. The Hall–Kier alpha value is -0.570. The van der Waals surface area contributed by atoms with E-state index in [1.807, 2.05) is 0 Å². The maximum absolute atomic E-state index is 11.7. The van der Waals surface area contributed by atoms with Gasteiger partial charge in [-0.15, -0.1) is 0 Å². The van der Waals surface area contributed by atoms with E-state index < -0.39 is 0 Å². The van der Waals surface area contributed by atoms with Gasteiger partial charge < -0.3 is 4.74 Å². The van der Waals surface area contributed by atoms with Gasteiger partial charge in [0, 0.05) is 12.2 Å². The van der Waals surface area contributed by atoms with E-state index >= 15 is 0 Å². The van der Waals surface area contributed by atoms with E-state index in [0.717, 1.165) is 12.3 Å². The second-order valence-electron chi connectivity index (χ2n) is 4.34. The van der Waals surface area contributed by atoms with Crippen LogP contribution >= 0.6 is 23.2 Å². The van der Waals surface area contributed by atoms with E-state index in [0.29, 0.717) is 22.2 Å². The summed E-state index contributed by atoms with van der Waals surface area (Å²) in [6.07, 6.45) is 3.68. The SMILES string of the molecule is O=C(COCCC1CC1)c1ccc(Cl)c(Cl)c1. The minimum Gasteiger partial charge on any atom is -0.373 e. The summed E-state index contributed by atoms with van der Waals surface area (Å²) in [7, 11) is 0. The average molecular weight is 273 g/mol. The van der Waals surface area contributed by atoms with Gasteiger partial charge in [-0.25, -0.2) is 0 Å². The molecule has 17 heavy (non-hydrogen) atoms. The molecule has 92 valence electrons. The summed E-state index contributed by atoms with van der Waals surface area (Å²) < 4.78 is 5.35. The van der Waals surface area contributed by atoms with Crippen LogP contribution in [-0.4, -0.2) is 19.0 Å². The van der Waals surface area contributed by atoms with Gasteiger partial charge >= 0.3 is 0 Å². The van der Waals surface area contributed by atoms with Crippen LogP contribution < -0.4 is 0 Å². The number of Topliss-reactive ketones (excluding diaryl/α,β-unsaturated/α-hetero) is 1. The molecule has 1 aromatic carbocycles. The minimum absolute atomic E-state index is 0.0561. The average Bonchev–Trinajstić information content (AvgIpc) is 3.12. The molecule has 1 fully saturated rings. The van der Waals surface area contributed by atoms with Crippen molar-refractivity contribution in [2.75, 3.05) is 13.2 Å². The van der Waals surface area contributed by atoms with Crippen LogP contribution in [0.4, 0.5) is 0 Å². The highest BCUT2D eigenvalue weighted by atomic mass is 35.5. The van der Waals surface area contributed by atoms with Crippen molar-refractivity contribution in [1.82, 2.24) is 0 Å². The van der Waals surface area contributed by atoms with E-state index in [9.17, 15) is 4.79 Å². The summed E-state index contributed by atoms with van der Waals surface area (Å²) in [6.45, 7) is 0.780. The van der Waals surface area contributed by atoms with Crippen molar-refractivity contribution >= 4 is 29.0 Å². The van der Waals surface area contributed by atoms with Gasteiger partial charge in [-0.2, -0.15) is 0 Å². The second kappa shape index (κ2) is 5.85. The lowest BCUT2D eigenvalue weighted by Gasteiger charge is -2.04. The van der Waals surface area contributed by atoms with Crippen LogP contribution in [0.25, 0.3) is 0 Å². The van der Waals surface area contributed by atoms with Crippen LogP contribution in [0.3, 0.4) is 0 Å². The number of hydrogen-bond donors (Lipinski definition) is 0. The molecule has 1 aliphatic rings.